The van der Waals surface area contributed by atoms with E-state index in [0.717, 1.165) is 0 Å². The fourth-order valence-corrected chi connectivity index (χ4v) is 2.99. The molecule has 0 fully saturated rings. The molecule has 0 atom stereocenters. The van der Waals surface area contributed by atoms with E-state index < -0.39 is 4.92 Å². The van der Waals surface area contributed by atoms with Crippen molar-refractivity contribution in [3.05, 3.63) is 80.5 Å². The summed E-state index contributed by atoms with van der Waals surface area (Å²) in [6, 6.07) is 14.6. The molecule has 138 valence electrons. The van der Waals surface area contributed by atoms with E-state index in [2.05, 4.69) is 5.32 Å². The van der Waals surface area contributed by atoms with Gasteiger partial charge in [0.15, 0.2) is 0 Å². The first kappa shape index (κ1) is 18.9. The molecule has 0 aliphatic rings. The van der Waals surface area contributed by atoms with Crippen molar-refractivity contribution in [2.24, 2.45) is 0 Å². The van der Waals surface area contributed by atoms with Crippen molar-refractivity contribution >= 4 is 40.5 Å². The summed E-state index contributed by atoms with van der Waals surface area (Å²) >= 11 is 12.1. The number of nitro benzene ring substituents is 1. The maximum absolute atomic E-state index is 12.1. The fourth-order valence-electron chi connectivity index (χ4n) is 2.50. The highest BCUT2D eigenvalue weighted by atomic mass is 35.5. The number of hydrogen-bond donors (Lipinski definition) is 1. The van der Waals surface area contributed by atoms with Crippen LogP contribution in [0.3, 0.4) is 0 Å². The number of furan rings is 1. The minimum Gasteiger partial charge on any atom is -0.461 e. The van der Waals surface area contributed by atoms with E-state index in [1.54, 1.807) is 42.5 Å². The molecule has 0 bridgehead atoms. The first-order chi connectivity index (χ1) is 12.9. The Kier molecular flexibility index (Phi) is 5.78. The Morgan fingerprint density at radius 2 is 1.78 bits per heavy atom. The Morgan fingerprint density at radius 1 is 1.07 bits per heavy atom. The molecule has 1 amide bonds. The van der Waals surface area contributed by atoms with Crippen LogP contribution in [0.15, 0.2) is 59.0 Å². The summed E-state index contributed by atoms with van der Waals surface area (Å²) in [7, 11) is 0. The molecule has 27 heavy (non-hydrogen) atoms. The number of aryl methyl sites for hydroxylation is 1. The van der Waals surface area contributed by atoms with E-state index in [9.17, 15) is 14.9 Å². The number of rotatable bonds is 6. The predicted molar refractivity (Wildman–Crippen MR) is 104 cm³/mol. The molecule has 0 aliphatic carbocycles. The second-order valence-electron chi connectivity index (χ2n) is 5.72. The highest BCUT2D eigenvalue weighted by Crippen LogP contribution is 2.30. The van der Waals surface area contributed by atoms with Gasteiger partial charge < -0.3 is 9.73 Å². The minimum absolute atomic E-state index is 0.0125. The lowest BCUT2D eigenvalue weighted by Crippen LogP contribution is -2.12. The van der Waals surface area contributed by atoms with Crippen molar-refractivity contribution in [3.8, 4) is 11.3 Å². The van der Waals surface area contributed by atoms with Crippen LogP contribution in [-0.2, 0) is 11.2 Å². The van der Waals surface area contributed by atoms with E-state index >= 15 is 0 Å². The Morgan fingerprint density at radius 3 is 2.48 bits per heavy atom. The summed E-state index contributed by atoms with van der Waals surface area (Å²) < 4.78 is 5.70. The van der Waals surface area contributed by atoms with Crippen molar-refractivity contribution in [1.82, 2.24) is 0 Å². The minimum atomic E-state index is -0.461. The van der Waals surface area contributed by atoms with Gasteiger partial charge in [0.05, 0.1) is 20.7 Å². The zero-order valence-corrected chi connectivity index (χ0v) is 15.5. The molecule has 1 heterocycles. The maximum atomic E-state index is 12.1. The Hall–Kier alpha value is -2.83. The van der Waals surface area contributed by atoms with Crippen LogP contribution in [0.1, 0.15) is 12.2 Å². The first-order valence-electron chi connectivity index (χ1n) is 8.01. The second-order valence-corrected chi connectivity index (χ2v) is 6.53. The van der Waals surface area contributed by atoms with Gasteiger partial charge in [0.1, 0.15) is 11.5 Å². The van der Waals surface area contributed by atoms with Crippen LogP contribution in [0.4, 0.5) is 11.4 Å². The fraction of sp³-hybridized carbons (Fsp3) is 0.105. The van der Waals surface area contributed by atoms with Gasteiger partial charge >= 0.3 is 0 Å². The van der Waals surface area contributed by atoms with Gasteiger partial charge in [-0.15, -0.1) is 0 Å². The Bertz CT molecular complexity index is 981. The Labute approximate surface area is 164 Å². The third-order valence-corrected chi connectivity index (χ3v) is 4.46. The standard InChI is InChI=1S/C19H14Cl2N2O4/c20-15-5-2-6-16(21)19(15)22-18(24)10-8-14-7-9-17(27-14)12-3-1-4-13(11-12)23(25)26/h1-7,9,11H,8,10H2,(H,22,24). The number of amides is 1. The van der Waals surface area contributed by atoms with E-state index in [0.29, 0.717) is 39.2 Å². The summed E-state index contributed by atoms with van der Waals surface area (Å²) in [5.41, 5.74) is 0.965. The summed E-state index contributed by atoms with van der Waals surface area (Å²) in [6.45, 7) is 0. The number of nitrogens with one attached hydrogen (secondary N) is 1. The van der Waals surface area contributed by atoms with E-state index in [1.165, 1.54) is 12.1 Å². The highest BCUT2D eigenvalue weighted by Gasteiger charge is 2.13. The van der Waals surface area contributed by atoms with E-state index in [4.69, 9.17) is 27.6 Å². The molecule has 0 spiro atoms. The highest BCUT2D eigenvalue weighted by molar-refractivity contribution is 6.39. The van der Waals surface area contributed by atoms with Gasteiger partial charge in [0, 0.05) is 30.5 Å². The number of nitrogens with zero attached hydrogens (tertiary/aromatic N) is 1. The number of hydrogen-bond acceptors (Lipinski definition) is 4. The molecule has 8 heteroatoms. The number of para-hydroxylation sites is 1. The van der Waals surface area contributed by atoms with Crippen LogP contribution in [0.5, 0.6) is 0 Å². The number of halogens is 2. The quantitative estimate of drug-likeness (QED) is 0.419. The van der Waals surface area contributed by atoms with Crippen LogP contribution in [0.2, 0.25) is 10.0 Å². The van der Waals surface area contributed by atoms with Crippen molar-refractivity contribution in [1.29, 1.82) is 0 Å². The third-order valence-electron chi connectivity index (χ3n) is 3.83. The lowest BCUT2D eigenvalue weighted by atomic mass is 10.1. The van der Waals surface area contributed by atoms with Crippen LogP contribution >= 0.6 is 23.2 Å². The van der Waals surface area contributed by atoms with Crippen molar-refractivity contribution in [2.75, 3.05) is 5.32 Å². The molecule has 0 aliphatic heterocycles. The number of carbonyl (C=O) groups excluding carboxylic acids is 1. The van der Waals surface area contributed by atoms with Crippen LogP contribution < -0.4 is 5.32 Å². The van der Waals surface area contributed by atoms with Crippen LogP contribution in [-0.4, -0.2) is 10.8 Å². The largest absolute Gasteiger partial charge is 0.461 e. The lowest BCUT2D eigenvalue weighted by Gasteiger charge is -2.08. The normalized spacial score (nSPS) is 10.6. The van der Waals surface area contributed by atoms with Crippen LogP contribution in [0.25, 0.3) is 11.3 Å². The number of non-ortho nitro benzene ring substituents is 1. The molecule has 3 aromatic rings. The monoisotopic (exact) mass is 404 g/mol. The topological polar surface area (TPSA) is 85.4 Å². The summed E-state index contributed by atoms with van der Waals surface area (Å²) in [4.78, 5) is 22.6. The average molecular weight is 405 g/mol. The summed E-state index contributed by atoms with van der Waals surface area (Å²) in [5.74, 6) is 0.846. The number of benzene rings is 2. The van der Waals surface area contributed by atoms with Gasteiger partial charge in [-0.25, -0.2) is 0 Å². The molecular formula is C19H14Cl2N2O4. The number of carbonyl (C=O) groups is 1. The molecular weight excluding hydrogens is 391 g/mol. The van der Waals surface area contributed by atoms with E-state index in [1.807, 2.05) is 0 Å². The SMILES string of the molecule is O=C(CCc1ccc(-c2cccc([N+](=O)[O-])c2)o1)Nc1c(Cl)cccc1Cl. The summed E-state index contributed by atoms with van der Waals surface area (Å²) in [6.07, 6.45) is 0.534. The average Bonchev–Trinajstić information content (AvgIpc) is 3.12. The zero-order valence-electron chi connectivity index (χ0n) is 13.9. The van der Waals surface area contributed by atoms with Crippen molar-refractivity contribution in [2.45, 2.75) is 12.8 Å². The van der Waals surface area contributed by atoms with E-state index in [-0.39, 0.29) is 18.0 Å². The zero-order chi connectivity index (χ0) is 19.4. The lowest BCUT2D eigenvalue weighted by molar-refractivity contribution is -0.384. The molecule has 2 aromatic carbocycles. The van der Waals surface area contributed by atoms with Crippen LogP contribution in [0, 0.1) is 10.1 Å². The van der Waals surface area contributed by atoms with Gasteiger partial charge in [0.2, 0.25) is 5.91 Å². The molecule has 1 N–H and O–H groups in total. The number of nitro groups is 1. The molecule has 0 unspecified atom stereocenters. The van der Waals surface area contributed by atoms with Gasteiger partial charge in [-0.05, 0) is 24.3 Å². The van der Waals surface area contributed by atoms with Gasteiger partial charge in [-0.1, -0.05) is 41.4 Å². The third kappa shape index (κ3) is 4.67. The predicted octanol–water partition coefficient (Wildman–Crippen LogP) is 5.73. The molecule has 3 rings (SSSR count). The maximum Gasteiger partial charge on any atom is 0.270 e. The smallest absolute Gasteiger partial charge is 0.270 e. The molecule has 0 saturated carbocycles. The van der Waals surface area contributed by atoms with Crippen molar-refractivity contribution in [3.63, 3.8) is 0 Å². The number of anilines is 1. The molecule has 0 saturated heterocycles. The van der Waals surface area contributed by atoms with Gasteiger partial charge in [0.25, 0.3) is 5.69 Å². The summed E-state index contributed by atoms with van der Waals surface area (Å²) in [5, 5.41) is 14.3. The first-order valence-corrected chi connectivity index (χ1v) is 8.77. The van der Waals surface area contributed by atoms with Gasteiger partial charge in [-0.2, -0.15) is 0 Å². The molecule has 6 nitrogen and oxygen atoms in total. The molecule has 1 aromatic heterocycles. The second kappa shape index (κ2) is 8.24. The van der Waals surface area contributed by atoms with Gasteiger partial charge in [-0.3, -0.25) is 14.9 Å². The molecule has 0 radical (unpaired) electrons. The van der Waals surface area contributed by atoms with Crippen molar-refractivity contribution < 1.29 is 14.1 Å². The Balaban J connectivity index is 1.64.